The van der Waals surface area contributed by atoms with Crippen LogP contribution >= 0.6 is 0 Å². The van der Waals surface area contributed by atoms with Crippen LogP contribution in [0.5, 0.6) is 0 Å². The molecule has 1 N–H and O–H groups in total. The molecule has 1 saturated heterocycles. The summed E-state index contributed by atoms with van der Waals surface area (Å²) in [6, 6.07) is 8.76. The molecule has 88 valence electrons. The van der Waals surface area contributed by atoms with E-state index >= 15 is 0 Å². The maximum atomic E-state index is 4.44. The monoisotopic (exact) mass is 228 g/mol. The van der Waals surface area contributed by atoms with Crippen LogP contribution in [0.1, 0.15) is 6.42 Å². The number of anilines is 1. The van der Waals surface area contributed by atoms with Crippen molar-refractivity contribution < 1.29 is 0 Å². The molecule has 1 atom stereocenters. The lowest BCUT2D eigenvalue weighted by atomic mass is 10.2. The van der Waals surface area contributed by atoms with Gasteiger partial charge >= 0.3 is 0 Å². The quantitative estimate of drug-likeness (QED) is 0.844. The first-order valence-electron chi connectivity index (χ1n) is 6.00. The molecule has 1 aromatic heterocycles. The predicted octanol–water partition coefficient (Wildman–Crippen LogP) is 1.43. The van der Waals surface area contributed by atoms with Gasteiger partial charge in [-0.05, 0) is 25.6 Å². The maximum absolute atomic E-state index is 4.44. The molecule has 4 nitrogen and oxygen atoms in total. The van der Waals surface area contributed by atoms with Crippen LogP contribution in [0.15, 0.2) is 30.6 Å². The van der Waals surface area contributed by atoms with Crippen LogP contribution < -0.4 is 10.2 Å². The van der Waals surface area contributed by atoms with Crippen molar-refractivity contribution in [1.29, 1.82) is 0 Å². The Kier molecular flexibility index (Phi) is 2.65. The van der Waals surface area contributed by atoms with Crippen molar-refractivity contribution in [2.45, 2.75) is 12.5 Å². The molecule has 2 heterocycles. The minimum atomic E-state index is 0.573. The lowest BCUT2D eigenvalue weighted by molar-refractivity contribution is 0.616. The average Bonchev–Trinajstić information content (AvgIpc) is 2.87. The third-order valence-electron chi connectivity index (χ3n) is 3.42. The molecule has 3 rings (SSSR count). The van der Waals surface area contributed by atoms with E-state index < -0.39 is 0 Å². The molecule has 4 heteroatoms. The third-order valence-corrected chi connectivity index (χ3v) is 3.42. The van der Waals surface area contributed by atoms with E-state index in [1.807, 2.05) is 25.2 Å². The first-order chi connectivity index (χ1) is 8.38. The first-order valence-corrected chi connectivity index (χ1v) is 6.00. The van der Waals surface area contributed by atoms with E-state index in [9.17, 15) is 0 Å². The molecule has 17 heavy (non-hydrogen) atoms. The van der Waals surface area contributed by atoms with Gasteiger partial charge in [0.05, 0.1) is 5.52 Å². The Balaban J connectivity index is 2.00. The Labute approximate surface area is 101 Å². The molecular weight excluding hydrogens is 212 g/mol. The van der Waals surface area contributed by atoms with Gasteiger partial charge in [0.2, 0.25) is 0 Å². The highest BCUT2D eigenvalue weighted by molar-refractivity contribution is 5.89. The van der Waals surface area contributed by atoms with Crippen molar-refractivity contribution in [3.05, 3.63) is 30.6 Å². The summed E-state index contributed by atoms with van der Waals surface area (Å²) < 4.78 is 0. The summed E-state index contributed by atoms with van der Waals surface area (Å²) in [5.74, 6) is 1.06. The highest BCUT2D eigenvalue weighted by Gasteiger charge is 2.23. The fraction of sp³-hybridized carbons (Fsp3) is 0.385. The first kappa shape index (κ1) is 10.5. The highest BCUT2D eigenvalue weighted by atomic mass is 15.2. The normalized spacial score (nSPS) is 20.1. The minimum absolute atomic E-state index is 0.573. The van der Waals surface area contributed by atoms with E-state index in [1.54, 1.807) is 6.33 Å². The van der Waals surface area contributed by atoms with E-state index in [1.165, 1.54) is 6.42 Å². The van der Waals surface area contributed by atoms with Gasteiger partial charge in [0.1, 0.15) is 12.1 Å². The number of hydrogen-bond acceptors (Lipinski definition) is 4. The number of nitrogens with zero attached hydrogens (tertiary/aromatic N) is 3. The Morgan fingerprint density at radius 2 is 2.18 bits per heavy atom. The van der Waals surface area contributed by atoms with Crippen LogP contribution in [0.2, 0.25) is 0 Å². The SMILES string of the molecule is CNC1CCN(c2ncnc3ccccc23)C1. The lowest BCUT2D eigenvalue weighted by Crippen LogP contribution is -2.29. The van der Waals surface area contributed by atoms with Crippen molar-refractivity contribution >= 4 is 16.7 Å². The van der Waals surface area contributed by atoms with Gasteiger partial charge in [0.25, 0.3) is 0 Å². The van der Waals surface area contributed by atoms with E-state index in [2.05, 4.69) is 26.3 Å². The van der Waals surface area contributed by atoms with Crippen LogP contribution in [-0.2, 0) is 0 Å². The fourth-order valence-corrected chi connectivity index (χ4v) is 2.43. The zero-order chi connectivity index (χ0) is 11.7. The number of likely N-dealkylation sites (N-methyl/N-ethyl adjacent to an activating group) is 1. The van der Waals surface area contributed by atoms with Crippen LogP contribution in [-0.4, -0.2) is 36.1 Å². The standard InChI is InChI=1S/C13H16N4/c1-14-10-6-7-17(8-10)13-11-4-2-3-5-12(11)15-9-16-13/h2-5,9-10,14H,6-8H2,1H3. The molecule has 1 aliphatic rings. The van der Waals surface area contributed by atoms with Gasteiger partial charge in [-0.15, -0.1) is 0 Å². The van der Waals surface area contributed by atoms with Crippen molar-refractivity contribution in [3.8, 4) is 0 Å². The summed E-state index contributed by atoms with van der Waals surface area (Å²) in [5, 5.41) is 4.47. The summed E-state index contributed by atoms with van der Waals surface area (Å²) in [5.41, 5.74) is 1.02. The molecule has 0 bridgehead atoms. The summed E-state index contributed by atoms with van der Waals surface area (Å²) >= 11 is 0. The molecule has 1 aromatic carbocycles. The number of rotatable bonds is 2. The van der Waals surface area contributed by atoms with Gasteiger partial charge in [-0.2, -0.15) is 0 Å². The highest BCUT2D eigenvalue weighted by Crippen LogP contribution is 2.25. The second kappa shape index (κ2) is 4.30. The summed E-state index contributed by atoms with van der Waals surface area (Å²) in [4.78, 5) is 11.1. The maximum Gasteiger partial charge on any atom is 0.139 e. The number of hydrogen-bond donors (Lipinski definition) is 1. The number of fused-ring (bicyclic) bond motifs is 1. The Morgan fingerprint density at radius 3 is 3.00 bits per heavy atom. The van der Waals surface area contributed by atoms with Crippen molar-refractivity contribution in [1.82, 2.24) is 15.3 Å². The summed E-state index contributed by atoms with van der Waals surface area (Å²) in [6.45, 7) is 2.09. The van der Waals surface area contributed by atoms with E-state index in [-0.39, 0.29) is 0 Å². The van der Waals surface area contributed by atoms with Gasteiger partial charge in [-0.1, -0.05) is 12.1 Å². The van der Waals surface area contributed by atoms with E-state index in [0.717, 1.165) is 29.8 Å². The molecule has 0 aliphatic carbocycles. The van der Waals surface area contributed by atoms with Gasteiger partial charge in [-0.25, -0.2) is 9.97 Å². The second-order valence-corrected chi connectivity index (χ2v) is 4.43. The van der Waals surface area contributed by atoms with Gasteiger partial charge in [-0.3, -0.25) is 0 Å². The zero-order valence-corrected chi connectivity index (χ0v) is 9.93. The van der Waals surface area contributed by atoms with Gasteiger partial charge in [0.15, 0.2) is 0 Å². The summed E-state index contributed by atoms with van der Waals surface area (Å²) in [7, 11) is 2.02. The Morgan fingerprint density at radius 1 is 1.29 bits per heavy atom. The molecule has 0 spiro atoms. The van der Waals surface area contributed by atoms with E-state index in [4.69, 9.17) is 0 Å². The molecule has 0 amide bonds. The molecule has 0 saturated carbocycles. The molecule has 1 fully saturated rings. The van der Waals surface area contributed by atoms with Crippen molar-refractivity contribution in [3.63, 3.8) is 0 Å². The predicted molar refractivity (Wildman–Crippen MR) is 69.2 cm³/mol. The van der Waals surface area contributed by atoms with Crippen LogP contribution in [0.4, 0.5) is 5.82 Å². The van der Waals surface area contributed by atoms with Gasteiger partial charge < -0.3 is 10.2 Å². The van der Waals surface area contributed by atoms with Crippen LogP contribution in [0.25, 0.3) is 10.9 Å². The fourth-order valence-electron chi connectivity index (χ4n) is 2.43. The summed E-state index contributed by atoms with van der Waals surface area (Å²) in [6.07, 6.45) is 2.83. The Hall–Kier alpha value is -1.68. The van der Waals surface area contributed by atoms with Crippen LogP contribution in [0, 0.1) is 0 Å². The largest absolute Gasteiger partial charge is 0.354 e. The van der Waals surface area contributed by atoms with Crippen molar-refractivity contribution in [2.75, 3.05) is 25.0 Å². The molecule has 2 aromatic rings. The Bertz CT molecular complexity index is 520. The number of benzene rings is 1. The molecular formula is C13H16N4. The van der Waals surface area contributed by atoms with Crippen LogP contribution in [0.3, 0.4) is 0 Å². The van der Waals surface area contributed by atoms with Crippen molar-refractivity contribution in [2.24, 2.45) is 0 Å². The molecule has 0 radical (unpaired) electrons. The number of aromatic nitrogens is 2. The average molecular weight is 228 g/mol. The second-order valence-electron chi connectivity index (χ2n) is 4.43. The lowest BCUT2D eigenvalue weighted by Gasteiger charge is -2.18. The smallest absolute Gasteiger partial charge is 0.139 e. The number of para-hydroxylation sites is 1. The number of nitrogens with one attached hydrogen (secondary N) is 1. The molecule has 1 aliphatic heterocycles. The van der Waals surface area contributed by atoms with E-state index in [0.29, 0.717) is 6.04 Å². The van der Waals surface area contributed by atoms with Gasteiger partial charge in [0, 0.05) is 24.5 Å². The molecule has 1 unspecified atom stereocenters. The third kappa shape index (κ3) is 1.85. The minimum Gasteiger partial charge on any atom is -0.354 e. The zero-order valence-electron chi connectivity index (χ0n) is 9.93. The topological polar surface area (TPSA) is 41.0 Å².